The molecule has 1 fully saturated rings. The molecule has 0 bridgehead atoms. The molecule has 0 aromatic heterocycles. The number of hydrogen-bond acceptors (Lipinski definition) is 2. The summed E-state index contributed by atoms with van der Waals surface area (Å²) in [5, 5.41) is 0.402. The van der Waals surface area contributed by atoms with Crippen molar-refractivity contribution in [3.63, 3.8) is 0 Å². The van der Waals surface area contributed by atoms with Crippen molar-refractivity contribution in [2.75, 3.05) is 6.54 Å². The second kappa shape index (κ2) is 6.22. The number of hydrogen-bond donors (Lipinski definition) is 0. The van der Waals surface area contributed by atoms with E-state index < -0.39 is 10.0 Å². The summed E-state index contributed by atoms with van der Waals surface area (Å²) >= 11 is 11.8. The van der Waals surface area contributed by atoms with Gasteiger partial charge in [0.1, 0.15) is 0 Å². The Balaban J connectivity index is 2.33. The second-order valence-electron chi connectivity index (χ2n) is 5.48. The molecule has 1 aliphatic heterocycles. The quantitative estimate of drug-likeness (QED) is 0.786. The predicted octanol–water partition coefficient (Wildman–Crippen LogP) is 3.89. The van der Waals surface area contributed by atoms with Gasteiger partial charge in [-0.25, -0.2) is 8.42 Å². The first-order chi connectivity index (χ1) is 9.36. The van der Waals surface area contributed by atoms with Crippen LogP contribution >= 0.6 is 23.2 Å². The van der Waals surface area contributed by atoms with E-state index in [0.29, 0.717) is 17.5 Å². The highest BCUT2D eigenvalue weighted by Gasteiger charge is 2.33. The van der Waals surface area contributed by atoms with Crippen LogP contribution in [0.2, 0.25) is 5.02 Å². The van der Waals surface area contributed by atoms with Crippen LogP contribution in [0.15, 0.2) is 23.1 Å². The lowest BCUT2D eigenvalue weighted by Crippen LogP contribution is -2.44. The minimum Gasteiger partial charge on any atom is -0.207 e. The molecule has 1 aliphatic rings. The third kappa shape index (κ3) is 3.14. The van der Waals surface area contributed by atoms with Crippen molar-refractivity contribution in [1.82, 2.24) is 4.31 Å². The van der Waals surface area contributed by atoms with Crippen molar-refractivity contribution in [1.29, 1.82) is 0 Å². The van der Waals surface area contributed by atoms with E-state index in [2.05, 4.69) is 6.92 Å². The van der Waals surface area contributed by atoms with Gasteiger partial charge in [-0.05, 0) is 43.4 Å². The van der Waals surface area contributed by atoms with Crippen molar-refractivity contribution >= 4 is 33.2 Å². The summed E-state index contributed by atoms with van der Waals surface area (Å²) in [6, 6.07) is 4.79. The number of benzene rings is 1. The number of sulfonamides is 1. The highest BCUT2D eigenvalue weighted by Crippen LogP contribution is 2.30. The first-order valence-electron chi connectivity index (χ1n) is 6.72. The average molecular weight is 336 g/mol. The summed E-state index contributed by atoms with van der Waals surface area (Å²) in [6.07, 6.45) is 1.80. The lowest BCUT2D eigenvalue weighted by atomic mass is 9.95. The van der Waals surface area contributed by atoms with E-state index in [9.17, 15) is 8.42 Å². The smallest absolute Gasteiger partial charge is 0.207 e. The Hall–Kier alpha value is -0.290. The summed E-state index contributed by atoms with van der Waals surface area (Å²) in [4.78, 5) is 0.248. The molecule has 6 heteroatoms. The lowest BCUT2D eigenvalue weighted by molar-refractivity contribution is 0.220. The Morgan fingerprint density at radius 2 is 2.05 bits per heavy atom. The summed E-state index contributed by atoms with van der Waals surface area (Å²) < 4.78 is 27.0. The monoisotopic (exact) mass is 335 g/mol. The van der Waals surface area contributed by atoms with E-state index >= 15 is 0 Å². The van der Waals surface area contributed by atoms with Crippen LogP contribution in [-0.2, 0) is 15.9 Å². The molecule has 1 saturated heterocycles. The molecular weight excluding hydrogens is 317 g/mol. The zero-order valence-corrected chi connectivity index (χ0v) is 14.0. The number of nitrogens with zero attached hydrogens (tertiary/aromatic N) is 1. The molecule has 0 saturated carbocycles. The zero-order valence-electron chi connectivity index (χ0n) is 11.6. The normalized spacial score (nSPS) is 24.8. The van der Waals surface area contributed by atoms with E-state index in [1.807, 2.05) is 6.92 Å². The highest BCUT2D eigenvalue weighted by atomic mass is 35.5. The van der Waals surface area contributed by atoms with Crippen LogP contribution in [0.25, 0.3) is 0 Å². The van der Waals surface area contributed by atoms with Crippen molar-refractivity contribution in [3.05, 3.63) is 28.8 Å². The van der Waals surface area contributed by atoms with E-state index in [-0.39, 0.29) is 16.8 Å². The molecule has 112 valence electrons. The molecular formula is C14H19Cl2NO2S. The molecule has 2 atom stereocenters. The fraction of sp³-hybridized carbons (Fsp3) is 0.571. The van der Waals surface area contributed by atoms with E-state index in [1.165, 1.54) is 6.07 Å². The molecule has 20 heavy (non-hydrogen) atoms. The van der Waals surface area contributed by atoms with Crippen LogP contribution in [0.5, 0.6) is 0 Å². The van der Waals surface area contributed by atoms with Crippen molar-refractivity contribution in [3.8, 4) is 0 Å². The van der Waals surface area contributed by atoms with E-state index in [1.54, 1.807) is 16.4 Å². The first kappa shape index (κ1) is 16.1. The van der Waals surface area contributed by atoms with Gasteiger partial charge in [-0.1, -0.05) is 24.6 Å². The van der Waals surface area contributed by atoms with Crippen LogP contribution in [0.1, 0.15) is 32.3 Å². The Morgan fingerprint density at radius 3 is 2.60 bits per heavy atom. The van der Waals surface area contributed by atoms with E-state index in [4.69, 9.17) is 23.2 Å². The third-order valence-electron chi connectivity index (χ3n) is 3.85. The fourth-order valence-corrected chi connectivity index (χ4v) is 4.97. The van der Waals surface area contributed by atoms with Gasteiger partial charge in [0.15, 0.2) is 0 Å². The standard InChI is InChI=1S/C14H19Cl2NO2S/c1-10-5-6-17(11(2)7-10)20(18,19)13-4-3-12(9-15)14(16)8-13/h3-4,8,10-11H,5-7,9H2,1-2H3. The number of rotatable bonds is 3. The second-order valence-corrected chi connectivity index (χ2v) is 8.05. The Bertz CT molecular complexity index is 589. The maximum absolute atomic E-state index is 12.7. The summed E-state index contributed by atoms with van der Waals surface area (Å²) in [7, 11) is -3.48. The molecule has 0 radical (unpaired) electrons. The molecule has 0 spiro atoms. The molecule has 2 unspecified atom stereocenters. The van der Waals surface area contributed by atoms with Gasteiger partial charge in [-0.2, -0.15) is 4.31 Å². The minimum atomic E-state index is -3.48. The molecule has 0 aliphatic carbocycles. The van der Waals surface area contributed by atoms with E-state index in [0.717, 1.165) is 18.4 Å². The first-order valence-corrected chi connectivity index (χ1v) is 9.07. The highest BCUT2D eigenvalue weighted by molar-refractivity contribution is 7.89. The Kier molecular flexibility index (Phi) is 5.00. The summed E-state index contributed by atoms with van der Waals surface area (Å²) in [6.45, 7) is 4.69. The molecule has 1 heterocycles. The molecule has 2 rings (SSSR count). The largest absolute Gasteiger partial charge is 0.243 e. The maximum Gasteiger partial charge on any atom is 0.243 e. The molecule has 3 nitrogen and oxygen atoms in total. The minimum absolute atomic E-state index is 0.0234. The van der Waals surface area contributed by atoms with Crippen LogP contribution in [0.3, 0.4) is 0 Å². The summed E-state index contributed by atoms with van der Waals surface area (Å²) in [5.74, 6) is 0.843. The van der Waals surface area contributed by atoms with Crippen molar-refractivity contribution in [2.45, 2.75) is 43.5 Å². The van der Waals surface area contributed by atoms with Crippen molar-refractivity contribution < 1.29 is 8.42 Å². The van der Waals surface area contributed by atoms with Gasteiger partial charge in [0.2, 0.25) is 10.0 Å². The third-order valence-corrected chi connectivity index (χ3v) is 6.50. The van der Waals surface area contributed by atoms with Gasteiger partial charge in [0.25, 0.3) is 0 Å². The molecule has 1 aromatic carbocycles. The number of piperidine rings is 1. The molecule has 1 aromatic rings. The predicted molar refractivity (Wildman–Crippen MR) is 82.8 cm³/mol. The van der Waals surface area contributed by atoms with Gasteiger partial charge in [0, 0.05) is 23.5 Å². The van der Waals surface area contributed by atoms with Crippen molar-refractivity contribution in [2.24, 2.45) is 5.92 Å². The lowest BCUT2D eigenvalue weighted by Gasteiger charge is -2.35. The number of alkyl halides is 1. The topological polar surface area (TPSA) is 37.4 Å². The van der Waals surface area contributed by atoms with Gasteiger partial charge in [0.05, 0.1) is 4.90 Å². The molecule has 0 amide bonds. The molecule has 0 N–H and O–H groups in total. The van der Waals surface area contributed by atoms with Gasteiger partial charge < -0.3 is 0 Å². The van der Waals surface area contributed by atoms with Gasteiger partial charge >= 0.3 is 0 Å². The Morgan fingerprint density at radius 1 is 1.35 bits per heavy atom. The number of halogens is 2. The SMILES string of the molecule is CC1CCN(S(=O)(=O)c2ccc(CCl)c(Cl)c2)C(C)C1. The van der Waals surface area contributed by atoms with Crippen LogP contribution in [0, 0.1) is 5.92 Å². The maximum atomic E-state index is 12.7. The van der Waals surface area contributed by atoms with Crippen LogP contribution in [0.4, 0.5) is 0 Å². The van der Waals surface area contributed by atoms with Gasteiger partial charge in [-0.15, -0.1) is 11.6 Å². The Labute approximate surface area is 130 Å². The summed E-state index contributed by atoms with van der Waals surface area (Å²) in [5.41, 5.74) is 0.743. The average Bonchev–Trinajstić information content (AvgIpc) is 2.38. The fourth-order valence-electron chi connectivity index (χ4n) is 2.68. The zero-order chi connectivity index (χ0) is 14.9. The van der Waals surface area contributed by atoms with Gasteiger partial charge in [-0.3, -0.25) is 0 Å². The van der Waals surface area contributed by atoms with Crippen LogP contribution < -0.4 is 0 Å². The van der Waals surface area contributed by atoms with Crippen LogP contribution in [-0.4, -0.2) is 25.3 Å².